The Labute approximate surface area is 233 Å². The maximum Gasteiger partial charge on any atom is 0.408 e. The number of aliphatic imine (C=N–C) groups is 1. The second-order valence-corrected chi connectivity index (χ2v) is 8.94. The average molecular weight is 561 g/mol. The van der Waals surface area contributed by atoms with E-state index in [1.54, 1.807) is 4.90 Å². The fraction of sp³-hybridized carbons (Fsp3) is 0.407. The standard InChI is InChI=1S/C27H36N6O4.ClHO/c28-26(29)31-16-8-7-15-30-24(34)23-14-9-17-33(23)25(35)22(18-20-10-3-1-4-11-20)32-27(36)37-19-21-12-5-2-6-13-21;1-2/h1-6,10-13,22-23H,7-9,14-19H2,(H,30,34)(H,32,36)(H4,28,29,31);2H/t22-,23+;/m1./s1. The van der Waals surface area contributed by atoms with Crippen molar-refractivity contribution in [3.63, 3.8) is 0 Å². The summed E-state index contributed by atoms with van der Waals surface area (Å²) in [6, 6.07) is 17.3. The van der Waals surface area contributed by atoms with E-state index in [1.807, 2.05) is 60.7 Å². The summed E-state index contributed by atoms with van der Waals surface area (Å²) >= 11 is 3.64. The Morgan fingerprint density at radius 1 is 1.03 bits per heavy atom. The molecule has 3 rings (SSSR count). The molecule has 212 valence electrons. The smallest absolute Gasteiger partial charge is 0.408 e. The van der Waals surface area contributed by atoms with E-state index in [-0.39, 0.29) is 30.8 Å². The van der Waals surface area contributed by atoms with E-state index >= 15 is 0 Å². The van der Waals surface area contributed by atoms with Crippen LogP contribution >= 0.6 is 11.9 Å². The summed E-state index contributed by atoms with van der Waals surface area (Å²) < 4.78 is 11.8. The van der Waals surface area contributed by atoms with Crippen molar-refractivity contribution in [2.24, 2.45) is 16.5 Å². The van der Waals surface area contributed by atoms with Crippen LogP contribution in [0.4, 0.5) is 4.79 Å². The van der Waals surface area contributed by atoms with Crippen LogP contribution in [0.25, 0.3) is 0 Å². The third kappa shape index (κ3) is 11.2. The molecule has 1 saturated heterocycles. The average Bonchev–Trinajstić information content (AvgIpc) is 3.45. The van der Waals surface area contributed by atoms with Gasteiger partial charge in [0, 0.05) is 26.1 Å². The molecule has 39 heavy (non-hydrogen) atoms. The summed E-state index contributed by atoms with van der Waals surface area (Å²) in [7, 11) is 0. The molecule has 1 fully saturated rings. The first-order valence-electron chi connectivity index (χ1n) is 12.8. The minimum atomic E-state index is -0.862. The molecule has 0 unspecified atom stereocenters. The van der Waals surface area contributed by atoms with Crippen molar-refractivity contribution in [2.75, 3.05) is 19.6 Å². The first-order chi connectivity index (χ1) is 18.9. The number of nitrogens with one attached hydrogen (secondary N) is 2. The highest BCUT2D eigenvalue weighted by atomic mass is 35.5. The van der Waals surface area contributed by atoms with E-state index < -0.39 is 18.2 Å². The number of alkyl carbamates (subject to hydrolysis) is 1. The Balaban J connectivity index is 0.00000260. The van der Waals surface area contributed by atoms with Crippen LogP contribution < -0.4 is 22.1 Å². The largest absolute Gasteiger partial charge is 0.445 e. The Kier molecular flexibility index (Phi) is 14.2. The number of hydrogen-bond acceptors (Lipinski definition) is 6. The minimum Gasteiger partial charge on any atom is -0.445 e. The summed E-state index contributed by atoms with van der Waals surface area (Å²) in [6.45, 7) is 1.51. The lowest BCUT2D eigenvalue weighted by molar-refractivity contribution is -0.139. The number of nitrogens with zero attached hydrogens (tertiary/aromatic N) is 2. The lowest BCUT2D eigenvalue weighted by Crippen LogP contribution is -2.54. The van der Waals surface area contributed by atoms with Crippen molar-refractivity contribution in [3.05, 3.63) is 71.8 Å². The number of hydrogen-bond donors (Lipinski definition) is 5. The molecule has 11 nitrogen and oxygen atoms in total. The number of ether oxygens (including phenoxy) is 1. The minimum absolute atomic E-state index is 0.0479. The van der Waals surface area contributed by atoms with Gasteiger partial charge in [-0.15, -0.1) is 0 Å². The highest BCUT2D eigenvalue weighted by Crippen LogP contribution is 2.20. The Hall–Kier alpha value is -3.83. The first-order valence-corrected chi connectivity index (χ1v) is 13.1. The SMILES string of the molecule is NC(N)=NCCCCNC(=O)[C@@H]1CCCN1C(=O)[C@@H](Cc1ccccc1)NC(=O)OCc1ccccc1.OCl. The van der Waals surface area contributed by atoms with Gasteiger partial charge in [0.05, 0.1) is 11.9 Å². The third-order valence-corrected chi connectivity index (χ3v) is 6.10. The molecule has 1 aliphatic rings. The number of amides is 3. The van der Waals surface area contributed by atoms with Gasteiger partial charge in [-0.1, -0.05) is 60.7 Å². The van der Waals surface area contributed by atoms with E-state index in [2.05, 4.69) is 27.5 Å². The number of benzene rings is 2. The van der Waals surface area contributed by atoms with Crippen LogP contribution in [-0.2, 0) is 27.4 Å². The zero-order valence-corrected chi connectivity index (χ0v) is 22.6. The Morgan fingerprint density at radius 3 is 2.31 bits per heavy atom. The van der Waals surface area contributed by atoms with Crippen LogP contribution in [-0.4, -0.2) is 65.1 Å². The molecule has 2 aromatic rings. The van der Waals surface area contributed by atoms with Gasteiger partial charge in [-0.2, -0.15) is 0 Å². The molecule has 0 spiro atoms. The highest BCUT2D eigenvalue weighted by Gasteiger charge is 2.37. The van der Waals surface area contributed by atoms with E-state index in [0.29, 0.717) is 38.9 Å². The van der Waals surface area contributed by atoms with Gasteiger partial charge < -0.3 is 31.7 Å². The van der Waals surface area contributed by atoms with Gasteiger partial charge in [0.1, 0.15) is 18.7 Å². The number of nitrogens with two attached hydrogens (primary N) is 2. The van der Waals surface area contributed by atoms with Crippen LogP contribution in [0.2, 0.25) is 0 Å². The number of carbonyl (C=O) groups is 3. The summed E-state index contributed by atoms with van der Waals surface area (Å²) in [5.41, 5.74) is 12.4. The van der Waals surface area contributed by atoms with Crippen LogP contribution in [0.5, 0.6) is 0 Å². The molecule has 12 heteroatoms. The molecule has 2 atom stereocenters. The van der Waals surface area contributed by atoms with E-state index in [9.17, 15) is 14.4 Å². The van der Waals surface area contributed by atoms with Crippen molar-refractivity contribution in [1.82, 2.24) is 15.5 Å². The molecule has 0 aromatic heterocycles. The molecule has 7 N–H and O–H groups in total. The molecule has 2 aromatic carbocycles. The van der Waals surface area contributed by atoms with Crippen molar-refractivity contribution >= 4 is 35.7 Å². The molecular formula is C27H37ClN6O5. The van der Waals surface area contributed by atoms with Gasteiger partial charge in [0.2, 0.25) is 11.8 Å². The fourth-order valence-electron chi connectivity index (χ4n) is 4.23. The zero-order valence-electron chi connectivity index (χ0n) is 21.8. The maximum atomic E-state index is 13.6. The van der Waals surface area contributed by atoms with E-state index in [0.717, 1.165) is 17.5 Å². The number of rotatable bonds is 12. The number of unbranched alkanes of at least 4 members (excludes halogenated alkanes) is 1. The fourth-order valence-corrected chi connectivity index (χ4v) is 4.23. The molecule has 0 saturated carbocycles. The van der Waals surface area contributed by atoms with Crippen molar-refractivity contribution < 1.29 is 23.8 Å². The highest BCUT2D eigenvalue weighted by molar-refractivity contribution is 6.04. The quantitative estimate of drug-likeness (QED) is 0.149. The van der Waals surface area contributed by atoms with Gasteiger partial charge in [-0.25, -0.2) is 4.79 Å². The predicted octanol–water partition coefficient (Wildman–Crippen LogP) is 1.82. The van der Waals surface area contributed by atoms with Gasteiger partial charge in [-0.05, 0) is 36.8 Å². The number of guanidine groups is 1. The monoisotopic (exact) mass is 560 g/mol. The van der Waals surface area contributed by atoms with Crippen LogP contribution in [0.1, 0.15) is 36.8 Å². The summed E-state index contributed by atoms with van der Waals surface area (Å²) in [5.74, 6) is -0.449. The van der Waals surface area contributed by atoms with Crippen LogP contribution in [0, 0.1) is 0 Å². The van der Waals surface area contributed by atoms with E-state index in [4.69, 9.17) is 20.9 Å². The Bertz CT molecular complexity index is 1050. The normalized spacial score (nSPS) is 14.8. The van der Waals surface area contributed by atoms with Crippen molar-refractivity contribution in [3.8, 4) is 0 Å². The molecule has 0 radical (unpaired) electrons. The number of carbonyl (C=O) groups excluding carboxylic acids is 3. The van der Waals surface area contributed by atoms with Crippen molar-refractivity contribution in [1.29, 1.82) is 0 Å². The predicted molar refractivity (Wildman–Crippen MR) is 149 cm³/mol. The molecule has 3 amide bonds. The van der Waals surface area contributed by atoms with Gasteiger partial charge in [0.15, 0.2) is 5.96 Å². The first kappa shape index (κ1) is 31.4. The Morgan fingerprint density at radius 2 is 1.67 bits per heavy atom. The third-order valence-electron chi connectivity index (χ3n) is 6.10. The topological polar surface area (TPSA) is 172 Å². The molecule has 1 aliphatic heterocycles. The number of likely N-dealkylation sites (tertiary alicyclic amines) is 1. The molecule has 0 bridgehead atoms. The second-order valence-electron chi connectivity index (χ2n) is 8.94. The summed E-state index contributed by atoms with van der Waals surface area (Å²) in [4.78, 5) is 44.6. The van der Waals surface area contributed by atoms with Gasteiger partial charge in [-0.3, -0.25) is 19.2 Å². The maximum absolute atomic E-state index is 13.6. The lowest BCUT2D eigenvalue weighted by Gasteiger charge is -2.28. The molecular weight excluding hydrogens is 524 g/mol. The van der Waals surface area contributed by atoms with Crippen molar-refractivity contribution in [2.45, 2.75) is 50.8 Å². The summed E-state index contributed by atoms with van der Waals surface area (Å²) in [6.07, 6.45) is 2.34. The molecule has 0 aliphatic carbocycles. The molecule has 1 heterocycles. The van der Waals surface area contributed by atoms with Gasteiger partial charge >= 0.3 is 6.09 Å². The second kappa shape index (κ2) is 17.6. The lowest BCUT2D eigenvalue weighted by atomic mass is 10.0. The zero-order chi connectivity index (χ0) is 28.5. The van der Waals surface area contributed by atoms with Crippen LogP contribution in [0.15, 0.2) is 65.7 Å². The summed E-state index contributed by atoms with van der Waals surface area (Å²) in [5, 5.41) is 5.64. The number of halogens is 1. The van der Waals surface area contributed by atoms with E-state index in [1.165, 1.54) is 0 Å². The van der Waals surface area contributed by atoms with Gasteiger partial charge in [0.25, 0.3) is 0 Å². The van der Waals surface area contributed by atoms with Crippen LogP contribution in [0.3, 0.4) is 0 Å².